The van der Waals surface area contributed by atoms with Crippen LogP contribution in [0.2, 0.25) is 0 Å². The zero-order chi connectivity index (χ0) is 14.9. The van der Waals surface area contributed by atoms with Gasteiger partial charge in [0.15, 0.2) is 5.69 Å². The summed E-state index contributed by atoms with van der Waals surface area (Å²) in [4.78, 5) is 3.54. The van der Waals surface area contributed by atoms with E-state index in [1.54, 1.807) is 0 Å². The van der Waals surface area contributed by atoms with E-state index in [4.69, 9.17) is 10.0 Å². The highest BCUT2D eigenvalue weighted by atomic mass is 19.4. The fourth-order valence-corrected chi connectivity index (χ4v) is 1.68. The number of rotatable bonds is 3. The highest BCUT2D eigenvalue weighted by Crippen LogP contribution is 2.30. The molecule has 2 N–H and O–H groups in total. The van der Waals surface area contributed by atoms with Crippen molar-refractivity contribution in [1.29, 1.82) is 0 Å². The van der Waals surface area contributed by atoms with Crippen LogP contribution in [0.1, 0.15) is 5.69 Å². The van der Waals surface area contributed by atoms with E-state index in [0.29, 0.717) is 5.56 Å². The molecule has 1 aromatic carbocycles. The highest BCUT2D eigenvalue weighted by Gasteiger charge is 2.34. The van der Waals surface area contributed by atoms with Gasteiger partial charge in [0, 0.05) is 18.8 Å². The van der Waals surface area contributed by atoms with Crippen molar-refractivity contribution in [3.8, 4) is 17.1 Å². The van der Waals surface area contributed by atoms with Gasteiger partial charge in [-0.3, -0.25) is 0 Å². The molecule has 0 saturated carbocycles. The Balaban J connectivity index is 2.30. The maximum Gasteiger partial charge on any atom is 0.707 e. The van der Waals surface area contributed by atoms with Crippen LogP contribution in [0.15, 0.2) is 30.5 Å². The lowest BCUT2D eigenvalue weighted by atomic mass is 10.2. The quantitative estimate of drug-likeness (QED) is 0.838. The summed E-state index contributed by atoms with van der Waals surface area (Å²) >= 11 is 0. The second-order valence-electron chi connectivity index (χ2n) is 4.03. The van der Waals surface area contributed by atoms with Crippen molar-refractivity contribution in [3.63, 3.8) is 0 Å². The smallest absolute Gasteiger partial charge is 0.512 e. The molecule has 106 valence electrons. The van der Waals surface area contributed by atoms with Gasteiger partial charge in [0.25, 0.3) is 0 Å². The Bertz CT molecular complexity index is 596. The fraction of sp³-hybridized carbons (Fsp3) is 0.182. The molecular formula is C11H10BF3N2O3. The summed E-state index contributed by atoms with van der Waals surface area (Å²) in [6.45, 7) is 0. The molecule has 0 aliphatic heterocycles. The number of halogens is 3. The number of imidazole rings is 1. The van der Waals surface area contributed by atoms with Crippen LogP contribution in [0.3, 0.4) is 0 Å². The number of alkyl halides is 3. The summed E-state index contributed by atoms with van der Waals surface area (Å²) in [5, 5.41) is 17.2. The Morgan fingerprint density at radius 3 is 2.25 bits per heavy atom. The number of nitrogens with zero attached hydrogens (tertiary/aromatic N) is 2. The molecule has 0 spiro atoms. The van der Waals surface area contributed by atoms with Crippen LogP contribution < -0.4 is 4.65 Å². The van der Waals surface area contributed by atoms with Gasteiger partial charge in [-0.2, -0.15) is 13.2 Å². The molecule has 0 aliphatic rings. The van der Waals surface area contributed by atoms with Gasteiger partial charge >= 0.3 is 13.5 Å². The van der Waals surface area contributed by atoms with Crippen LogP contribution in [0, 0.1) is 0 Å². The maximum absolute atomic E-state index is 12.6. The summed E-state index contributed by atoms with van der Waals surface area (Å²) in [6.07, 6.45) is -3.60. The minimum atomic E-state index is -4.50. The summed E-state index contributed by atoms with van der Waals surface area (Å²) in [5.74, 6) is 0.322. The molecule has 0 atom stereocenters. The van der Waals surface area contributed by atoms with Gasteiger partial charge in [0.1, 0.15) is 11.6 Å². The van der Waals surface area contributed by atoms with Crippen molar-refractivity contribution in [2.24, 2.45) is 7.05 Å². The summed E-state index contributed by atoms with van der Waals surface area (Å²) in [7, 11) is -0.495. The summed E-state index contributed by atoms with van der Waals surface area (Å²) in [6, 6.07) is 5.74. The van der Waals surface area contributed by atoms with Gasteiger partial charge in [0.05, 0.1) is 0 Å². The second-order valence-corrected chi connectivity index (χ2v) is 4.03. The SMILES string of the molecule is Cn1cc(C(F)(F)F)nc1-c1ccc(OB(O)O)cc1. The maximum atomic E-state index is 12.6. The van der Waals surface area contributed by atoms with Crippen LogP contribution in [0.5, 0.6) is 5.75 Å². The molecule has 0 amide bonds. The predicted octanol–water partition coefficient (Wildman–Crippen LogP) is 1.45. The first kappa shape index (κ1) is 14.4. The normalized spacial score (nSPS) is 11.5. The van der Waals surface area contributed by atoms with E-state index in [2.05, 4.69) is 9.64 Å². The van der Waals surface area contributed by atoms with E-state index in [1.165, 1.54) is 35.9 Å². The first-order chi connectivity index (χ1) is 9.27. The number of hydrogen-bond acceptors (Lipinski definition) is 4. The van der Waals surface area contributed by atoms with Crippen molar-refractivity contribution in [1.82, 2.24) is 9.55 Å². The molecule has 20 heavy (non-hydrogen) atoms. The lowest BCUT2D eigenvalue weighted by molar-refractivity contribution is -0.140. The van der Waals surface area contributed by atoms with Crippen molar-refractivity contribution in [2.45, 2.75) is 6.18 Å². The van der Waals surface area contributed by atoms with E-state index in [-0.39, 0.29) is 11.6 Å². The Hall–Kier alpha value is -2.00. The number of aryl methyl sites for hydroxylation is 1. The standard InChI is InChI=1S/C11H10BF3N2O3/c1-17-6-9(11(13,14)15)16-10(17)7-2-4-8(5-3-7)20-12(18)19/h2-6,18-19H,1H3. The van der Waals surface area contributed by atoms with Crippen LogP contribution in [0.4, 0.5) is 13.2 Å². The molecule has 2 aromatic rings. The van der Waals surface area contributed by atoms with Gasteiger partial charge in [0.2, 0.25) is 0 Å². The molecule has 2 rings (SSSR count). The van der Waals surface area contributed by atoms with Gasteiger partial charge in [-0.05, 0) is 24.3 Å². The Morgan fingerprint density at radius 1 is 1.20 bits per heavy atom. The second kappa shape index (κ2) is 5.18. The van der Waals surface area contributed by atoms with Gasteiger partial charge in [-0.1, -0.05) is 0 Å². The topological polar surface area (TPSA) is 67.5 Å². The average molecular weight is 286 g/mol. The lowest BCUT2D eigenvalue weighted by Crippen LogP contribution is -2.20. The molecule has 5 nitrogen and oxygen atoms in total. The van der Waals surface area contributed by atoms with Crippen LogP contribution in [0.25, 0.3) is 11.4 Å². The molecule has 0 bridgehead atoms. The molecule has 0 unspecified atom stereocenters. The summed E-state index contributed by atoms with van der Waals surface area (Å²) < 4.78 is 43.5. The minimum absolute atomic E-state index is 0.147. The third kappa shape index (κ3) is 3.12. The Kier molecular flexibility index (Phi) is 3.73. The van der Waals surface area contributed by atoms with E-state index in [9.17, 15) is 13.2 Å². The number of benzene rings is 1. The van der Waals surface area contributed by atoms with Crippen molar-refractivity contribution < 1.29 is 27.9 Å². The highest BCUT2D eigenvalue weighted by molar-refractivity contribution is 6.33. The van der Waals surface area contributed by atoms with E-state index < -0.39 is 19.2 Å². The van der Waals surface area contributed by atoms with Gasteiger partial charge in [-0.25, -0.2) is 4.98 Å². The predicted molar refractivity (Wildman–Crippen MR) is 64.5 cm³/mol. The van der Waals surface area contributed by atoms with Crippen molar-refractivity contribution in [2.75, 3.05) is 0 Å². The third-order valence-corrected chi connectivity index (χ3v) is 2.52. The van der Waals surface area contributed by atoms with Crippen molar-refractivity contribution >= 4 is 7.32 Å². The molecule has 1 aromatic heterocycles. The van der Waals surface area contributed by atoms with Crippen molar-refractivity contribution in [3.05, 3.63) is 36.2 Å². The zero-order valence-corrected chi connectivity index (χ0v) is 10.3. The van der Waals surface area contributed by atoms with Crippen LogP contribution in [-0.4, -0.2) is 26.9 Å². The first-order valence-electron chi connectivity index (χ1n) is 5.51. The molecule has 9 heteroatoms. The molecule has 0 fully saturated rings. The summed E-state index contributed by atoms with van der Waals surface area (Å²) in [5.41, 5.74) is -0.524. The van der Waals surface area contributed by atoms with Gasteiger partial charge < -0.3 is 19.3 Å². The molecule has 0 aliphatic carbocycles. The molecular weight excluding hydrogens is 276 g/mol. The lowest BCUT2D eigenvalue weighted by Gasteiger charge is -2.06. The van der Waals surface area contributed by atoms with E-state index in [1.807, 2.05) is 0 Å². The zero-order valence-electron chi connectivity index (χ0n) is 10.3. The van der Waals surface area contributed by atoms with E-state index in [0.717, 1.165) is 6.20 Å². The number of aromatic nitrogens is 2. The van der Waals surface area contributed by atoms with E-state index >= 15 is 0 Å². The molecule has 0 saturated heterocycles. The minimum Gasteiger partial charge on any atom is -0.512 e. The fourth-order valence-electron chi connectivity index (χ4n) is 1.68. The molecule has 1 heterocycles. The average Bonchev–Trinajstić information content (AvgIpc) is 2.71. The Labute approximate surface area is 112 Å². The third-order valence-electron chi connectivity index (χ3n) is 2.52. The van der Waals surface area contributed by atoms with Crippen LogP contribution >= 0.6 is 0 Å². The largest absolute Gasteiger partial charge is 0.707 e. The van der Waals surface area contributed by atoms with Crippen LogP contribution in [-0.2, 0) is 13.2 Å². The first-order valence-corrected chi connectivity index (χ1v) is 5.51. The number of hydrogen-bond donors (Lipinski definition) is 2. The van der Waals surface area contributed by atoms with Gasteiger partial charge in [-0.15, -0.1) is 0 Å². The monoisotopic (exact) mass is 286 g/mol. The Morgan fingerprint density at radius 2 is 1.80 bits per heavy atom. The molecule has 0 radical (unpaired) electrons.